The number of nitrogens with two attached hydrogens (primary N) is 1. The summed E-state index contributed by atoms with van der Waals surface area (Å²) in [5, 5.41) is 3.35. The number of carbonyl (C=O) groups excluding carboxylic acids is 1. The summed E-state index contributed by atoms with van der Waals surface area (Å²) in [6.07, 6.45) is 0. The first-order valence-corrected chi connectivity index (χ1v) is 9.56. The second-order valence-corrected chi connectivity index (χ2v) is 7.53. The van der Waals surface area contributed by atoms with Crippen LogP contribution in [-0.4, -0.2) is 19.2 Å². The summed E-state index contributed by atoms with van der Waals surface area (Å²) >= 11 is 0. The second kappa shape index (κ2) is 7.84. The van der Waals surface area contributed by atoms with E-state index in [1.54, 1.807) is 72.8 Å². The summed E-state index contributed by atoms with van der Waals surface area (Å²) in [7, 11) is -4.11. The van der Waals surface area contributed by atoms with E-state index >= 15 is 0 Å². The van der Waals surface area contributed by atoms with Crippen molar-refractivity contribution in [2.45, 2.75) is 4.90 Å². The maximum absolute atomic E-state index is 13.0. The Morgan fingerprint density at radius 3 is 1.96 bits per heavy atom. The van der Waals surface area contributed by atoms with Crippen molar-refractivity contribution in [3.63, 3.8) is 0 Å². The molecule has 0 unspecified atom stereocenters. The molecule has 0 aliphatic heterocycles. The molecule has 7 heteroatoms. The number of carbonyl (C=O) groups is 1. The molecule has 3 rings (SSSR count). The zero-order valence-corrected chi connectivity index (χ0v) is 15.1. The zero-order valence-electron chi connectivity index (χ0n) is 14.2. The lowest BCUT2D eigenvalue weighted by molar-refractivity contribution is 0.106. The van der Waals surface area contributed by atoms with Crippen molar-refractivity contribution in [3.05, 3.63) is 90.5 Å². The van der Waals surface area contributed by atoms with Crippen molar-refractivity contribution in [1.82, 2.24) is 0 Å². The molecule has 6 nitrogen and oxygen atoms in total. The number of hydrogen-bond donors (Lipinski definition) is 2. The van der Waals surface area contributed by atoms with Gasteiger partial charge in [0, 0.05) is 11.3 Å². The normalized spacial score (nSPS) is 11.8. The van der Waals surface area contributed by atoms with Crippen LogP contribution in [0.5, 0.6) is 0 Å². The molecule has 27 heavy (non-hydrogen) atoms. The highest BCUT2D eigenvalue weighted by molar-refractivity contribution is 8.08. The lowest BCUT2D eigenvalue weighted by Gasteiger charge is -2.09. The Morgan fingerprint density at radius 2 is 1.37 bits per heavy atom. The van der Waals surface area contributed by atoms with Crippen LogP contribution in [0.3, 0.4) is 0 Å². The lowest BCUT2D eigenvalue weighted by Crippen LogP contribution is -2.26. The average Bonchev–Trinajstić information content (AvgIpc) is 2.70. The standard InChI is InChI=1S/C20H17N3O3S/c21-16-11-13-17(14-12-16)22-23-20(19(24)15-7-3-1-4-8-15)27(25,26)18-9-5-2-6-10-18/h1-14,22H,21H2/b23-20+. The molecule has 0 heterocycles. The molecule has 0 aliphatic carbocycles. The van der Waals surface area contributed by atoms with Gasteiger partial charge in [0.1, 0.15) is 0 Å². The van der Waals surface area contributed by atoms with Gasteiger partial charge in [-0.3, -0.25) is 10.2 Å². The highest BCUT2D eigenvalue weighted by atomic mass is 32.2. The number of rotatable bonds is 5. The summed E-state index contributed by atoms with van der Waals surface area (Å²) < 4.78 is 26.0. The van der Waals surface area contributed by atoms with Crippen molar-refractivity contribution >= 4 is 32.0 Å². The Hall–Kier alpha value is -3.45. The Kier molecular flexibility index (Phi) is 5.33. The molecule has 3 N–H and O–H groups in total. The van der Waals surface area contributed by atoms with Crippen LogP contribution in [0.1, 0.15) is 10.4 Å². The SMILES string of the molecule is Nc1ccc(N/N=C(\C(=O)c2ccccc2)S(=O)(=O)c2ccccc2)cc1. The molecular weight excluding hydrogens is 362 g/mol. The molecule has 0 fully saturated rings. The van der Waals surface area contributed by atoms with Gasteiger partial charge in [-0.25, -0.2) is 8.42 Å². The van der Waals surface area contributed by atoms with Gasteiger partial charge in [-0.15, -0.1) is 0 Å². The maximum Gasteiger partial charge on any atom is 0.229 e. The first-order chi connectivity index (χ1) is 13.0. The molecule has 0 saturated heterocycles. The van der Waals surface area contributed by atoms with Gasteiger partial charge in [-0.05, 0) is 36.4 Å². The van der Waals surface area contributed by atoms with E-state index in [0.717, 1.165) is 0 Å². The smallest absolute Gasteiger partial charge is 0.229 e. The molecule has 0 spiro atoms. The van der Waals surface area contributed by atoms with Crippen molar-refractivity contribution < 1.29 is 13.2 Å². The third-order valence-corrected chi connectivity index (χ3v) is 5.41. The average molecular weight is 379 g/mol. The van der Waals surface area contributed by atoms with Gasteiger partial charge in [-0.2, -0.15) is 5.10 Å². The predicted molar refractivity (Wildman–Crippen MR) is 106 cm³/mol. The highest BCUT2D eigenvalue weighted by Crippen LogP contribution is 2.17. The van der Waals surface area contributed by atoms with Crippen molar-refractivity contribution in [2.75, 3.05) is 11.2 Å². The molecule has 0 amide bonds. The van der Waals surface area contributed by atoms with Crippen LogP contribution in [0, 0.1) is 0 Å². The van der Waals surface area contributed by atoms with Crippen LogP contribution >= 0.6 is 0 Å². The predicted octanol–water partition coefficient (Wildman–Crippen LogP) is 3.35. The largest absolute Gasteiger partial charge is 0.399 e. The van der Waals surface area contributed by atoms with Crippen molar-refractivity contribution in [3.8, 4) is 0 Å². The van der Waals surface area contributed by atoms with E-state index in [0.29, 0.717) is 11.4 Å². The summed E-state index contributed by atoms with van der Waals surface area (Å²) in [6.45, 7) is 0. The third-order valence-electron chi connectivity index (χ3n) is 3.74. The van der Waals surface area contributed by atoms with Crippen LogP contribution < -0.4 is 11.2 Å². The van der Waals surface area contributed by atoms with Gasteiger partial charge in [0.05, 0.1) is 10.6 Å². The van der Waals surface area contributed by atoms with E-state index in [1.165, 1.54) is 12.1 Å². The number of hydrazone groups is 1. The number of benzene rings is 3. The summed E-state index contributed by atoms with van der Waals surface area (Å²) in [6, 6.07) is 22.4. The minimum Gasteiger partial charge on any atom is -0.399 e. The second-order valence-electron chi connectivity index (χ2n) is 5.66. The number of Topliss-reactive ketones (excluding diaryl/α,β-unsaturated/α-hetero) is 1. The molecule has 0 saturated carbocycles. The molecule has 0 aliphatic rings. The van der Waals surface area contributed by atoms with Gasteiger partial charge < -0.3 is 5.73 Å². The fourth-order valence-electron chi connectivity index (χ4n) is 2.33. The van der Waals surface area contributed by atoms with Crippen LogP contribution in [-0.2, 0) is 9.84 Å². The Bertz CT molecular complexity index is 1060. The molecule has 0 radical (unpaired) electrons. The first-order valence-electron chi connectivity index (χ1n) is 8.07. The van der Waals surface area contributed by atoms with Gasteiger partial charge in [-0.1, -0.05) is 48.5 Å². The monoisotopic (exact) mass is 379 g/mol. The van der Waals surface area contributed by atoms with Gasteiger partial charge >= 0.3 is 0 Å². The number of sulfone groups is 1. The minimum absolute atomic E-state index is 0.00728. The number of hydrogen-bond acceptors (Lipinski definition) is 6. The van der Waals surface area contributed by atoms with E-state index in [1.807, 2.05) is 0 Å². The zero-order chi connectivity index (χ0) is 19.3. The number of nitrogens with zero attached hydrogens (tertiary/aromatic N) is 1. The number of ketones is 1. The summed E-state index contributed by atoms with van der Waals surface area (Å²) in [5.41, 5.74) is 9.56. The van der Waals surface area contributed by atoms with Crippen LogP contribution in [0.25, 0.3) is 0 Å². The lowest BCUT2D eigenvalue weighted by atomic mass is 10.1. The third kappa shape index (κ3) is 4.21. The molecule has 3 aromatic rings. The highest BCUT2D eigenvalue weighted by Gasteiger charge is 2.30. The van der Waals surface area contributed by atoms with Crippen LogP contribution in [0.4, 0.5) is 11.4 Å². The fourth-order valence-corrected chi connectivity index (χ4v) is 3.60. The van der Waals surface area contributed by atoms with E-state index in [-0.39, 0.29) is 10.5 Å². The summed E-state index contributed by atoms with van der Waals surface area (Å²) in [4.78, 5) is 12.9. The summed E-state index contributed by atoms with van der Waals surface area (Å²) in [5.74, 6) is -0.692. The number of nitrogens with one attached hydrogen (secondary N) is 1. The Morgan fingerprint density at radius 1 is 0.815 bits per heavy atom. The van der Waals surface area contributed by atoms with Gasteiger partial charge in [0.2, 0.25) is 20.7 Å². The fraction of sp³-hybridized carbons (Fsp3) is 0. The molecule has 3 aromatic carbocycles. The van der Waals surface area contributed by atoms with Gasteiger partial charge in [0.25, 0.3) is 0 Å². The molecular formula is C20H17N3O3S. The first kappa shape index (κ1) is 18.3. The molecule has 0 atom stereocenters. The van der Waals surface area contributed by atoms with E-state index in [2.05, 4.69) is 10.5 Å². The quantitative estimate of drug-likeness (QED) is 0.233. The molecule has 0 aromatic heterocycles. The number of anilines is 2. The van der Waals surface area contributed by atoms with E-state index < -0.39 is 20.7 Å². The topological polar surface area (TPSA) is 102 Å². The van der Waals surface area contributed by atoms with Crippen molar-refractivity contribution in [2.24, 2.45) is 5.10 Å². The molecule has 136 valence electrons. The Balaban J connectivity index is 2.04. The van der Waals surface area contributed by atoms with Crippen LogP contribution in [0.15, 0.2) is 94.9 Å². The van der Waals surface area contributed by atoms with Gasteiger partial charge in [0.15, 0.2) is 0 Å². The van der Waals surface area contributed by atoms with E-state index in [4.69, 9.17) is 5.73 Å². The molecule has 0 bridgehead atoms. The number of nitrogen functional groups attached to an aromatic ring is 1. The Labute approximate surface area is 157 Å². The van der Waals surface area contributed by atoms with Crippen LogP contribution in [0.2, 0.25) is 0 Å². The van der Waals surface area contributed by atoms with E-state index in [9.17, 15) is 13.2 Å². The minimum atomic E-state index is -4.11. The maximum atomic E-state index is 13.0. The van der Waals surface area contributed by atoms with Crippen molar-refractivity contribution in [1.29, 1.82) is 0 Å².